The van der Waals surface area contributed by atoms with Gasteiger partial charge in [0.05, 0.1) is 16.4 Å². The molecule has 0 amide bonds. The van der Waals surface area contributed by atoms with Crippen molar-refractivity contribution in [2.75, 3.05) is 41.3 Å². The number of hydrogen-bond donors (Lipinski definition) is 1. The molecule has 138 valence electrons. The number of nitrogens with zero attached hydrogens (tertiary/aromatic N) is 4. The van der Waals surface area contributed by atoms with Gasteiger partial charge in [0, 0.05) is 32.4 Å². The fourth-order valence-electron chi connectivity index (χ4n) is 3.15. The molecule has 0 unspecified atom stereocenters. The lowest BCUT2D eigenvalue weighted by molar-refractivity contribution is 0.596. The van der Waals surface area contributed by atoms with Crippen molar-refractivity contribution in [1.82, 2.24) is 9.97 Å². The van der Waals surface area contributed by atoms with Gasteiger partial charge in [0.1, 0.15) is 11.6 Å². The molecule has 1 N–H and O–H groups in total. The minimum Gasteiger partial charge on any atom is -0.366 e. The lowest BCUT2D eigenvalue weighted by Crippen LogP contribution is -2.47. The van der Waals surface area contributed by atoms with Crippen LogP contribution in [-0.4, -0.2) is 36.1 Å². The Morgan fingerprint density at radius 1 is 0.889 bits per heavy atom. The van der Waals surface area contributed by atoms with Crippen LogP contribution in [0.25, 0.3) is 0 Å². The monoisotopic (exact) mass is 383 g/mol. The molecule has 0 atom stereocenters. The van der Waals surface area contributed by atoms with Gasteiger partial charge in [-0.25, -0.2) is 9.37 Å². The van der Waals surface area contributed by atoms with Crippen molar-refractivity contribution in [1.29, 1.82) is 0 Å². The topological polar surface area (TPSA) is 44.3 Å². The first-order valence-electron chi connectivity index (χ1n) is 8.80. The number of para-hydroxylation sites is 2. The summed E-state index contributed by atoms with van der Waals surface area (Å²) in [5.41, 5.74) is 1.42. The van der Waals surface area contributed by atoms with Crippen molar-refractivity contribution in [3.63, 3.8) is 0 Å². The fourth-order valence-corrected chi connectivity index (χ4v) is 3.34. The quantitative estimate of drug-likeness (QED) is 0.726. The highest BCUT2D eigenvalue weighted by atomic mass is 35.5. The molecule has 27 heavy (non-hydrogen) atoms. The third-order valence-electron chi connectivity index (χ3n) is 4.56. The molecule has 1 aromatic heterocycles. The Balaban J connectivity index is 1.44. The van der Waals surface area contributed by atoms with Crippen molar-refractivity contribution >= 4 is 34.7 Å². The maximum Gasteiger partial charge on any atom is 0.229 e. The predicted octanol–water partition coefficient (Wildman–Crippen LogP) is 4.34. The van der Waals surface area contributed by atoms with Gasteiger partial charge in [-0.15, -0.1) is 0 Å². The third kappa shape index (κ3) is 3.95. The number of anilines is 4. The average molecular weight is 384 g/mol. The Morgan fingerprint density at radius 3 is 2.37 bits per heavy atom. The highest BCUT2D eigenvalue weighted by Crippen LogP contribution is 2.25. The highest BCUT2D eigenvalue weighted by molar-refractivity contribution is 6.33. The van der Waals surface area contributed by atoms with E-state index in [2.05, 4.69) is 25.1 Å². The van der Waals surface area contributed by atoms with Gasteiger partial charge >= 0.3 is 0 Å². The summed E-state index contributed by atoms with van der Waals surface area (Å²) in [4.78, 5) is 13.1. The molecule has 0 radical (unpaired) electrons. The minimum atomic E-state index is -0.181. The second kappa shape index (κ2) is 7.80. The predicted molar refractivity (Wildman–Crippen MR) is 108 cm³/mol. The molecule has 7 heteroatoms. The molecule has 1 aliphatic rings. The summed E-state index contributed by atoms with van der Waals surface area (Å²) in [6, 6.07) is 16.3. The maximum absolute atomic E-state index is 14.0. The van der Waals surface area contributed by atoms with Crippen LogP contribution in [0.4, 0.5) is 27.5 Å². The molecular formula is C20H19ClFN5. The van der Waals surface area contributed by atoms with Gasteiger partial charge in [0.25, 0.3) is 0 Å². The van der Waals surface area contributed by atoms with Gasteiger partial charge in [0.2, 0.25) is 5.95 Å². The van der Waals surface area contributed by atoms with Gasteiger partial charge < -0.3 is 15.1 Å². The molecule has 2 heterocycles. The van der Waals surface area contributed by atoms with Crippen LogP contribution in [0.15, 0.2) is 60.8 Å². The first kappa shape index (κ1) is 17.5. The van der Waals surface area contributed by atoms with Gasteiger partial charge in [-0.1, -0.05) is 35.9 Å². The normalized spacial score (nSPS) is 14.3. The van der Waals surface area contributed by atoms with E-state index in [0.717, 1.165) is 37.7 Å². The van der Waals surface area contributed by atoms with Crippen LogP contribution in [-0.2, 0) is 0 Å². The largest absolute Gasteiger partial charge is 0.366 e. The van der Waals surface area contributed by atoms with E-state index >= 15 is 0 Å². The number of hydrogen-bond acceptors (Lipinski definition) is 5. The smallest absolute Gasteiger partial charge is 0.229 e. The van der Waals surface area contributed by atoms with Crippen molar-refractivity contribution in [2.45, 2.75) is 0 Å². The summed E-state index contributed by atoms with van der Waals surface area (Å²) in [6.45, 7) is 2.99. The Hall–Kier alpha value is -2.86. The van der Waals surface area contributed by atoms with Crippen LogP contribution in [0.3, 0.4) is 0 Å². The average Bonchev–Trinajstić information content (AvgIpc) is 2.71. The SMILES string of the molecule is Fc1ccccc1N1CCN(c2ccnc(Nc3ccccc3Cl)n2)CC1. The van der Waals surface area contributed by atoms with Crippen molar-refractivity contribution in [2.24, 2.45) is 0 Å². The Labute approximate surface area is 162 Å². The van der Waals surface area contributed by atoms with E-state index in [1.807, 2.05) is 42.5 Å². The van der Waals surface area contributed by atoms with Crippen LogP contribution in [0.5, 0.6) is 0 Å². The zero-order chi connectivity index (χ0) is 18.6. The molecular weight excluding hydrogens is 365 g/mol. The van der Waals surface area contributed by atoms with Crippen LogP contribution < -0.4 is 15.1 Å². The molecule has 3 aromatic rings. The van der Waals surface area contributed by atoms with Crippen LogP contribution >= 0.6 is 11.6 Å². The summed E-state index contributed by atoms with van der Waals surface area (Å²) >= 11 is 6.19. The molecule has 1 aliphatic heterocycles. The van der Waals surface area contributed by atoms with Gasteiger partial charge in [-0.3, -0.25) is 0 Å². The Kier molecular flexibility index (Phi) is 5.07. The number of piperazine rings is 1. The molecule has 4 rings (SSSR count). The van der Waals surface area contributed by atoms with Crippen molar-refractivity contribution in [3.8, 4) is 0 Å². The molecule has 5 nitrogen and oxygen atoms in total. The van der Waals surface area contributed by atoms with Crippen LogP contribution in [0.1, 0.15) is 0 Å². The first-order chi connectivity index (χ1) is 13.2. The minimum absolute atomic E-state index is 0.181. The number of rotatable bonds is 4. The Bertz CT molecular complexity index is 928. The second-order valence-corrected chi connectivity index (χ2v) is 6.68. The molecule has 1 saturated heterocycles. The molecule has 0 aliphatic carbocycles. The van der Waals surface area contributed by atoms with E-state index in [4.69, 9.17) is 11.6 Å². The zero-order valence-corrected chi connectivity index (χ0v) is 15.4. The van der Waals surface area contributed by atoms with Gasteiger partial charge in [-0.05, 0) is 30.3 Å². The first-order valence-corrected chi connectivity index (χ1v) is 9.17. The van der Waals surface area contributed by atoms with Crippen molar-refractivity contribution in [3.05, 3.63) is 71.6 Å². The summed E-state index contributed by atoms with van der Waals surface area (Å²) in [7, 11) is 0. The number of benzene rings is 2. The summed E-state index contributed by atoms with van der Waals surface area (Å²) in [5, 5.41) is 3.77. The van der Waals surface area contributed by atoms with E-state index in [1.165, 1.54) is 6.07 Å². The van der Waals surface area contributed by atoms with E-state index < -0.39 is 0 Å². The summed E-state index contributed by atoms with van der Waals surface area (Å²) < 4.78 is 14.0. The molecule has 2 aromatic carbocycles. The standard InChI is InChI=1S/C20H19ClFN5/c21-15-5-1-3-7-17(15)24-20-23-10-9-19(25-20)27-13-11-26(12-14-27)18-8-4-2-6-16(18)22/h1-10H,11-14H2,(H,23,24,25). The van der Waals surface area contributed by atoms with E-state index in [0.29, 0.717) is 16.7 Å². The van der Waals surface area contributed by atoms with E-state index in [-0.39, 0.29) is 5.82 Å². The molecule has 0 bridgehead atoms. The number of aromatic nitrogens is 2. The van der Waals surface area contributed by atoms with Gasteiger partial charge in [0.15, 0.2) is 0 Å². The van der Waals surface area contributed by atoms with E-state index in [1.54, 1.807) is 12.3 Å². The lowest BCUT2D eigenvalue weighted by Gasteiger charge is -2.36. The number of nitrogens with one attached hydrogen (secondary N) is 1. The molecule has 1 fully saturated rings. The van der Waals surface area contributed by atoms with Crippen molar-refractivity contribution < 1.29 is 4.39 Å². The van der Waals surface area contributed by atoms with E-state index in [9.17, 15) is 4.39 Å². The zero-order valence-electron chi connectivity index (χ0n) is 14.6. The molecule has 0 spiro atoms. The second-order valence-electron chi connectivity index (χ2n) is 6.27. The lowest BCUT2D eigenvalue weighted by atomic mass is 10.2. The van der Waals surface area contributed by atoms with Crippen LogP contribution in [0, 0.1) is 5.82 Å². The third-order valence-corrected chi connectivity index (χ3v) is 4.89. The Morgan fingerprint density at radius 2 is 1.59 bits per heavy atom. The fraction of sp³-hybridized carbons (Fsp3) is 0.200. The highest BCUT2D eigenvalue weighted by Gasteiger charge is 2.20. The maximum atomic E-state index is 14.0. The summed E-state index contributed by atoms with van der Waals surface area (Å²) in [5.74, 6) is 1.16. The van der Waals surface area contributed by atoms with Gasteiger partial charge in [-0.2, -0.15) is 4.98 Å². The number of halogens is 2. The summed E-state index contributed by atoms with van der Waals surface area (Å²) in [6.07, 6.45) is 1.73. The molecule has 0 saturated carbocycles. The van der Waals surface area contributed by atoms with Crippen LogP contribution in [0.2, 0.25) is 5.02 Å².